The zero-order valence-electron chi connectivity index (χ0n) is 12.1. The molecule has 1 rings (SSSR count). The van der Waals surface area contributed by atoms with Gasteiger partial charge in [-0.25, -0.2) is 0 Å². The van der Waals surface area contributed by atoms with Crippen LogP contribution in [0.15, 0.2) is 24.3 Å². The minimum atomic E-state index is -0.472. The summed E-state index contributed by atoms with van der Waals surface area (Å²) in [6.45, 7) is 8.41. The number of ether oxygens (including phenoxy) is 1. The predicted molar refractivity (Wildman–Crippen MR) is 77.3 cm³/mol. The van der Waals surface area contributed by atoms with Crippen LogP contribution in [0, 0.1) is 0 Å². The summed E-state index contributed by atoms with van der Waals surface area (Å²) >= 11 is 0. The lowest BCUT2D eigenvalue weighted by atomic mass is 10.0. The van der Waals surface area contributed by atoms with Crippen LogP contribution in [0.4, 0.5) is 0 Å². The first kappa shape index (κ1) is 15.5. The van der Waals surface area contributed by atoms with Crippen LogP contribution in [0.25, 0.3) is 0 Å². The first-order valence-electron chi connectivity index (χ1n) is 6.69. The average molecular weight is 264 g/mol. The van der Waals surface area contributed by atoms with Gasteiger partial charge < -0.3 is 15.8 Å². The summed E-state index contributed by atoms with van der Waals surface area (Å²) in [6.07, 6.45) is 0. The van der Waals surface area contributed by atoms with Gasteiger partial charge >= 0.3 is 0 Å². The Morgan fingerprint density at radius 1 is 1.26 bits per heavy atom. The number of benzene rings is 1. The summed E-state index contributed by atoms with van der Waals surface area (Å²) in [4.78, 5) is 11.4. The number of nitrogens with two attached hydrogens (primary N) is 1. The second-order valence-corrected chi connectivity index (χ2v) is 5.28. The molecule has 0 fully saturated rings. The molecule has 0 bridgehead atoms. The standard InChI is InChI=1S/C15H24N2O2/c1-10(2)12-7-5-6-8-14(12)19-9-13(15(16)18)17-11(3)4/h5-8,10-11,13,17H,9H2,1-4H3,(H2,16,18). The van der Waals surface area contributed by atoms with Gasteiger partial charge in [-0.1, -0.05) is 45.9 Å². The zero-order chi connectivity index (χ0) is 14.4. The third-order valence-electron chi connectivity index (χ3n) is 2.82. The topological polar surface area (TPSA) is 64.3 Å². The molecular weight excluding hydrogens is 240 g/mol. The first-order chi connectivity index (χ1) is 8.91. The molecule has 0 heterocycles. The van der Waals surface area contributed by atoms with Crippen molar-refractivity contribution in [1.29, 1.82) is 0 Å². The Balaban J connectivity index is 2.71. The van der Waals surface area contributed by atoms with E-state index in [-0.39, 0.29) is 12.6 Å². The Kier molecular flexibility index (Phi) is 5.83. The van der Waals surface area contributed by atoms with Crippen molar-refractivity contribution >= 4 is 5.91 Å². The van der Waals surface area contributed by atoms with Crippen molar-refractivity contribution in [3.05, 3.63) is 29.8 Å². The monoisotopic (exact) mass is 264 g/mol. The fourth-order valence-electron chi connectivity index (χ4n) is 1.88. The second-order valence-electron chi connectivity index (χ2n) is 5.28. The Labute approximate surface area is 115 Å². The molecule has 4 nitrogen and oxygen atoms in total. The van der Waals surface area contributed by atoms with Crippen LogP contribution in [0.2, 0.25) is 0 Å². The molecule has 4 heteroatoms. The van der Waals surface area contributed by atoms with Crippen LogP contribution in [-0.2, 0) is 4.79 Å². The van der Waals surface area contributed by atoms with E-state index >= 15 is 0 Å². The molecule has 0 spiro atoms. The normalized spacial score (nSPS) is 12.7. The predicted octanol–water partition coefficient (Wildman–Crippen LogP) is 2.04. The lowest BCUT2D eigenvalue weighted by molar-refractivity contribution is -0.120. The zero-order valence-corrected chi connectivity index (χ0v) is 12.1. The molecule has 1 amide bonds. The van der Waals surface area contributed by atoms with Crippen molar-refractivity contribution in [2.45, 2.75) is 45.7 Å². The van der Waals surface area contributed by atoms with E-state index in [0.29, 0.717) is 5.92 Å². The van der Waals surface area contributed by atoms with Gasteiger partial charge in [0, 0.05) is 6.04 Å². The van der Waals surface area contributed by atoms with Gasteiger partial charge in [-0.3, -0.25) is 4.79 Å². The van der Waals surface area contributed by atoms with Crippen LogP contribution in [0.1, 0.15) is 39.2 Å². The largest absolute Gasteiger partial charge is 0.491 e. The van der Waals surface area contributed by atoms with Gasteiger partial charge in [0.2, 0.25) is 5.91 Å². The van der Waals surface area contributed by atoms with Crippen molar-refractivity contribution in [3.8, 4) is 5.75 Å². The molecule has 0 aliphatic carbocycles. The molecule has 3 N–H and O–H groups in total. The number of carbonyl (C=O) groups is 1. The van der Waals surface area contributed by atoms with Gasteiger partial charge in [-0.15, -0.1) is 0 Å². The van der Waals surface area contributed by atoms with Crippen molar-refractivity contribution in [1.82, 2.24) is 5.32 Å². The average Bonchev–Trinajstić information content (AvgIpc) is 2.34. The van der Waals surface area contributed by atoms with E-state index in [9.17, 15) is 4.79 Å². The van der Waals surface area contributed by atoms with Gasteiger partial charge in [0.05, 0.1) is 0 Å². The van der Waals surface area contributed by atoms with E-state index in [4.69, 9.17) is 10.5 Å². The van der Waals surface area contributed by atoms with Crippen LogP contribution in [0.3, 0.4) is 0 Å². The highest BCUT2D eigenvalue weighted by Crippen LogP contribution is 2.25. The van der Waals surface area contributed by atoms with Crippen LogP contribution < -0.4 is 15.8 Å². The minimum Gasteiger partial charge on any atom is -0.491 e. The summed E-state index contributed by atoms with van der Waals surface area (Å²) in [6, 6.07) is 7.58. The van der Waals surface area contributed by atoms with E-state index in [2.05, 4.69) is 19.2 Å². The van der Waals surface area contributed by atoms with Gasteiger partial charge in [-0.05, 0) is 17.5 Å². The third-order valence-corrected chi connectivity index (χ3v) is 2.82. The highest BCUT2D eigenvalue weighted by atomic mass is 16.5. The quantitative estimate of drug-likeness (QED) is 0.792. The molecule has 0 aliphatic heterocycles. The summed E-state index contributed by atoms with van der Waals surface area (Å²) < 4.78 is 5.76. The van der Waals surface area contributed by atoms with Crippen molar-refractivity contribution < 1.29 is 9.53 Å². The SMILES string of the molecule is CC(C)NC(COc1ccccc1C(C)C)C(N)=O. The van der Waals surface area contributed by atoms with Crippen molar-refractivity contribution in [3.63, 3.8) is 0 Å². The van der Waals surface area contributed by atoms with Crippen LogP contribution >= 0.6 is 0 Å². The molecule has 1 unspecified atom stereocenters. The number of primary amides is 1. The highest BCUT2D eigenvalue weighted by Gasteiger charge is 2.17. The second kappa shape index (κ2) is 7.14. The lowest BCUT2D eigenvalue weighted by Crippen LogP contribution is -2.48. The van der Waals surface area contributed by atoms with Crippen molar-refractivity contribution in [2.24, 2.45) is 5.73 Å². The summed E-state index contributed by atoms with van der Waals surface area (Å²) in [5.74, 6) is 0.798. The molecule has 0 radical (unpaired) electrons. The molecule has 1 atom stereocenters. The van der Waals surface area contributed by atoms with Crippen molar-refractivity contribution in [2.75, 3.05) is 6.61 Å². The minimum absolute atomic E-state index is 0.182. The van der Waals surface area contributed by atoms with Gasteiger partial charge in [-0.2, -0.15) is 0 Å². The summed E-state index contributed by atoms with van der Waals surface area (Å²) in [5, 5.41) is 3.10. The molecule has 0 saturated carbocycles. The molecule has 19 heavy (non-hydrogen) atoms. The third kappa shape index (κ3) is 4.91. The maximum atomic E-state index is 11.4. The Bertz CT molecular complexity index is 416. The number of amides is 1. The number of carbonyl (C=O) groups excluding carboxylic acids is 1. The Morgan fingerprint density at radius 3 is 2.42 bits per heavy atom. The van der Waals surface area contributed by atoms with E-state index in [1.54, 1.807) is 0 Å². The van der Waals surface area contributed by atoms with E-state index in [0.717, 1.165) is 11.3 Å². The van der Waals surface area contributed by atoms with Gasteiger partial charge in [0.25, 0.3) is 0 Å². The molecule has 1 aromatic rings. The number of hydrogen-bond donors (Lipinski definition) is 2. The molecule has 0 aliphatic rings. The first-order valence-corrected chi connectivity index (χ1v) is 6.69. The number of para-hydroxylation sites is 1. The molecule has 1 aromatic carbocycles. The lowest BCUT2D eigenvalue weighted by Gasteiger charge is -2.20. The summed E-state index contributed by atoms with van der Waals surface area (Å²) in [7, 11) is 0. The Morgan fingerprint density at radius 2 is 1.89 bits per heavy atom. The number of hydrogen-bond acceptors (Lipinski definition) is 3. The van der Waals surface area contributed by atoms with Gasteiger partial charge in [0.1, 0.15) is 18.4 Å². The Hall–Kier alpha value is -1.55. The van der Waals surface area contributed by atoms with Crippen LogP contribution in [0.5, 0.6) is 5.75 Å². The number of rotatable bonds is 7. The van der Waals surface area contributed by atoms with E-state index < -0.39 is 11.9 Å². The maximum absolute atomic E-state index is 11.4. The summed E-state index contributed by atoms with van der Waals surface area (Å²) in [5.41, 5.74) is 6.50. The molecule has 0 saturated heterocycles. The fourth-order valence-corrected chi connectivity index (χ4v) is 1.88. The maximum Gasteiger partial charge on any atom is 0.238 e. The van der Waals surface area contributed by atoms with Crippen LogP contribution in [-0.4, -0.2) is 24.6 Å². The van der Waals surface area contributed by atoms with Gasteiger partial charge in [0.15, 0.2) is 0 Å². The molecule has 0 aromatic heterocycles. The van der Waals surface area contributed by atoms with E-state index in [1.807, 2.05) is 38.1 Å². The number of nitrogens with one attached hydrogen (secondary N) is 1. The fraction of sp³-hybridized carbons (Fsp3) is 0.533. The molecular formula is C15H24N2O2. The molecule has 106 valence electrons. The van der Waals surface area contributed by atoms with E-state index in [1.165, 1.54) is 0 Å². The highest BCUT2D eigenvalue weighted by molar-refractivity contribution is 5.80. The smallest absolute Gasteiger partial charge is 0.238 e.